The summed E-state index contributed by atoms with van der Waals surface area (Å²) in [5.41, 5.74) is 2.20. The molecule has 0 amide bonds. The fraction of sp³-hybridized carbons (Fsp3) is 0.0769. The molecule has 0 fully saturated rings. The van der Waals surface area contributed by atoms with Gasteiger partial charge in [-0.15, -0.1) is 34.4 Å². The van der Waals surface area contributed by atoms with E-state index in [1.807, 2.05) is 10.8 Å². The molecule has 0 spiro atoms. The first-order chi connectivity index (χ1) is 9.72. The van der Waals surface area contributed by atoms with Crippen molar-refractivity contribution < 1.29 is 9.90 Å². The van der Waals surface area contributed by atoms with Crippen LogP contribution in [0.5, 0.6) is 0 Å². The summed E-state index contributed by atoms with van der Waals surface area (Å²) in [4.78, 5) is 16.8. The number of carboxylic acid groups (broad SMARTS) is 1. The Hall–Kier alpha value is -1.15. The van der Waals surface area contributed by atoms with E-state index in [-0.39, 0.29) is 0 Å². The molecule has 3 nitrogen and oxygen atoms in total. The fourth-order valence-electron chi connectivity index (χ4n) is 1.56. The van der Waals surface area contributed by atoms with Crippen LogP contribution >= 0.6 is 45.8 Å². The van der Waals surface area contributed by atoms with Crippen molar-refractivity contribution in [2.75, 3.05) is 0 Å². The van der Waals surface area contributed by atoms with Crippen LogP contribution in [0.25, 0.3) is 10.6 Å². The highest BCUT2D eigenvalue weighted by atomic mass is 32.2. The molecule has 3 rings (SSSR count). The molecule has 3 heterocycles. The second kappa shape index (κ2) is 6.09. The smallest absolute Gasteiger partial charge is 0.345 e. The molecule has 0 aliphatic carbocycles. The van der Waals surface area contributed by atoms with Gasteiger partial charge in [0.2, 0.25) is 0 Å². The van der Waals surface area contributed by atoms with Gasteiger partial charge >= 0.3 is 5.97 Å². The van der Waals surface area contributed by atoms with Crippen molar-refractivity contribution in [2.24, 2.45) is 0 Å². The van der Waals surface area contributed by atoms with Gasteiger partial charge in [-0.2, -0.15) is 11.3 Å². The van der Waals surface area contributed by atoms with E-state index in [9.17, 15) is 4.79 Å². The van der Waals surface area contributed by atoms with Crippen molar-refractivity contribution in [2.45, 2.75) is 10.6 Å². The lowest BCUT2D eigenvalue weighted by Gasteiger charge is -1.94. The van der Waals surface area contributed by atoms with Crippen molar-refractivity contribution in [1.29, 1.82) is 0 Å². The third kappa shape index (κ3) is 3.12. The largest absolute Gasteiger partial charge is 0.477 e. The van der Waals surface area contributed by atoms with Crippen LogP contribution in [-0.2, 0) is 5.75 Å². The predicted molar refractivity (Wildman–Crippen MR) is 86.3 cm³/mol. The van der Waals surface area contributed by atoms with Gasteiger partial charge in [-0.1, -0.05) is 0 Å². The number of rotatable bonds is 5. The van der Waals surface area contributed by atoms with E-state index < -0.39 is 5.97 Å². The maximum atomic E-state index is 10.8. The summed E-state index contributed by atoms with van der Waals surface area (Å²) >= 11 is 6.19. The van der Waals surface area contributed by atoms with Gasteiger partial charge < -0.3 is 5.11 Å². The molecule has 0 aliphatic rings. The van der Waals surface area contributed by atoms with Crippen molar-refractivity contribution >= 4 is 51.7 Å². The maximum Gasteiger partial charge on any atom is 0.345 e. The molecule has 0 atom stereocenters. The Morgan fingerprint density at radius 1 is 1.30 bits per heavy atom. The number of thiazole rings is 1. The molecular formula is C13H9NO2S4. The second-order valence-corrected chi connectivity index (χ2v) is 7.49. The van der Waals surface area contributed by atoms with Crippen LogP contribution in [0.4, 0.5) is 0 Å². The lowest BCUT2D eigenvalue weighted by molar-refractivity contribution is 0.0702. The molecule has 0 unspecified atom stereocenters. The van der Waals surface area contributed by atoms with Crippen LogP contribution in [0.15, 0.2) is 38.5 Å². The van der Waals surface area contributed by atoms with E-state index in [2.05, 4.69) is 21.8 Å². The molecule has 3 aromatic rings. The average molecular weight is 339 g/mol. The van der Waals surface area contributed by atoms with Crippen LogP contribution < -0.4 is 0 Å². The molecule has 0 saturated heterocycles. The molecule has 0 bridgehead atoms. The molecule has 0 aliphatic heterocycles. The van der Waals surface area contributed by atoms with Crippen LogP contribution in [0.2, 0.25) is 0 Å². The number of thioether (sulfide) groups is 1. The van der Waals surface area contributed by atoms with Gasteiger partial charge in [0.05, 0.1) is 5.69 Å². The summed E-state index contributed by atoms with van der Waals surface area (Å²) in [6.45, 7) is 0. The standard InChI is InChI=1S/C13H9NO2S4/c15-13(16)11-3-10(7-19-11)18-5-9-6-20-12(14-9)8-1-2-17-4-8/h1-4,6-7H,5H2,(H,15,16). The van der Waals surface area contributed by atoms with E-state index in [1.165, 1.54) is 16.9 Å². The van der Waals surface area contributed by atoms with Crippen molar-refractivity contribution in [3.05, 3.63) is 44.2 Å². The number of hydrogen-bond acceptors (Lipinski definition) is 6. The van der Waals surface area contributed by atoms with Gasteiger partial charge in [-0.05, 0) is 17.5 Å². The lowest BCUT2D eigenvalue weighted by Crippen LogP contribution is -1.89. The van der Waals surface area contributed by atoms with Crippen molar-refractivity contribution in [3.8, 4) is 10.6 Å². The molecule has 0 radical (unpaired) electrons. The lowest BCUT2D eigenvalue weighted by atomic mass is 10.4. The molecule has 0 aromatic carbocycles. The zero-order valence-corrected chi connectivity index (χ0v) is 13.4. The highest BCUT2D eigenvalue weighted by Crippen LogP contribution is 2.30. The van der Waals surface area contributed by atoms with Crippen molar-refractivity contribution in [1.82, 2.24) is 4.98 Å². The zero-order valence-electron chi connectivity index (χ0n) is 10.1. The van der Waals surface area contributed by atoms with Crippen LogP contribution in [0, 0.1) is 0 Å². The molecular weight excluding hydrogens is 330 g/mol. The van der Waals surface area contributed by atoms with E-state index >= 15 is 0 Å². The summed E-state index contributed by atoms with van der Waals surface area (Å²) in [5, 5.41) is 18.0. The Morgan fingerprint density at radius 2 is 2.20 bits per heavy atom. The number of aromatic nitrogens is 1. The number of nitrogens with zero attached hydrogens (tertiary/aromatic N) is 1. The van der Waals surface area contributed by atoms with E-state index in [4.69, 9.17) is 5.11 Å². The van der Waals surface area contributed by atoms with Crippen LogP contribution in [0.3, 0.4) is 0 Å². The molecule has 1 N–H and O–H groups in total. The first kappa shape index (κ1) is 13.8. The third-order valence-electron chi connectivity index (χ3n) is 2.49. The molecule has 7 heteroatoms. The topological polar surface area (TPSA) is 50.2 Å². The summed E-state index contributed by atoms with van der Waals surface area (Å²) < 4.78 is 0. The number of carbonyl (C=O) groups is 1. The first-order valence-electron chi connectivity index (χ1n) is 5.64. The molecule has 0 saturated carbocycles. The van der Waals surface area contributed by atoms with Gasteiger partial charge in [0, 0.05) is 32.4 Å². The van der Waals surface area contributed by atoms with Crippen molar-refractivity contribution in [3.63, 3.8) is 0 Å². The Balaban J connectivity index is 1.65. The van der Waals surface area contributed by atoms with Gasteiger partial charge in [0.25, 0.3) is 0 Å². The van der Waals surface area contributed by atoms with Crippen LogP contribution in [0.1, 0.15) is 15.4 Å². The van der Waals surface area contributed by atoms with Crippen LogP contribution in [-0.4, -0.2) is 16.1 Å². The fourth-order valence-corrected chi connectivity index (χ4v) is 4.95. The van der Waals surface area contributed by atoms with Gasteiger partial charge in [-0.25, -0.2) is 9.78 Å². The van der Waals surface area contributed by atoms with Gasteiger partial charge in [0.1, 0.15) is 9.88 Å². The Bertz CT molecular complexity index is 714. The highest BCUT2D eigenvalue weighted by Gasteiger charge is 2.09. The zero-order chi connectivity index (χ0) is 13.9. The third-order valence-corrected chi connectivity index (χ3v) is 6.19. The quantitative estimate of drug-likeness (QED) is 0.670. The first-order valence-corrected chi connectivity index (χ1v) is 9.33. The Labute approximate surface area is 131 Å². The molecule has 3 aromatic heterocycles. The minimum Gasteiger partial charge on any atom is -0.477 e. The summed E-state index contributed by atoms with van der Waals surface area (Å²) in [6.07, 6.45) is 0. The molecule has 20 heavy (non-hydrogen) atoms. The number of aromatic carboxylic acids is 1. The summed E-state index contributed by atoms with van der Waals surface area (Å²) in [6, 6.07) is 3.78. The van der Waals surface area contributed by atoms with E-state index in [0.29, 0.717) is 4.88 Å². The predicted octanol–water partition coefficient (Wildman–Crippen LogP) is 4.92. The monoisotopic (exact) mass is 339 g/mol. The Morgan fingerprint density at radius 3 is 2.90 bits per heavy atom. The summed E-state index contributed by atoms with van der Waals surface area (Å²) in [7, 11) is 0. The Kier molecular flexibility index (Phi) is 4.21. The highest BCUT2D eigenvalue weighted by molar-refractivity contribution is 7.98. The summed E-state index contributed by atoms with van der Waals surface area (Å²) in [5.74, 6) is -0.105. The SMILES string of the molecule is O=C(O)c1cc(SCc2csc(-c3ccsc3)n2)cs1. The van der Waals surface area contributed by atoms with Gasteiger partial charge in [-0.3, -0.25) is 0 Å². The molecule has 102 valence electrons. The number of thiophene rings is 2. The van der Waals surface area contributed by atoms with E-state index in [1.54, 1.807) is 40.5 Å². The van der Waals surface area contributed by atoms with Gasteiger partial charge in [0.15, 0.2) is 0 Å². The average Bonchev–Trinajstić information content (AvgIpc) is 3.17. The minimum atomic E-state index is -0.866. The second-order valence-electron chi connectivity index (χ2n) is 3.90. The maximum absolute atomic E-state index is 10.8. The minimum absolute atomic E-state index is 0.379. The normalized spacial score (nSPS) is 10.8. The van der Waals surface area contributed by atoms with E-state index in [0.717, 1.165) is 21.3 Å². The number of hydrogen-bond donors (Lipinski definition) is 1. The number of carboxylic acids is 1.